The van der Waals surface area contributed by atoms with E-state index in [2.05, 4.69) is 5.32 Å². The van der Waals surface area contributed by atoms with Gasteiger partial charge in [0.1, 0.15) is 0 Å². The van der Waals surface area contributed by atoms with E-state index >= 15 is 0 Å². The Bertz CT molecular complexity index is 496. The molecule has 1 aliphatic rings. The first-order valence-electron chi connectivity index (χ1n) is 7.77. The van der Waals surface area contributed by atoms with E-state index in [1.807, 2.05) is 5.38 Å². The van der Waals surface area contributed by atoms with Crippen molar-refractivity contribution in [2.24, 2.45) is 0 Å². The van der Waals surface area contributed by atoms with E-state index in [4.69, 9.17) is 5.11 Å². The zero-order valence-electron chi connectivity index (χ0n) is 12.3. The van der Waals surface area contributed by atoms with Crippen LogP contribution < -0.4 is 5.32 Å². The lowest BCUT2D eigenvalue weighted by Gasteiger charge is -2.12. The van der Waals surface area contributed by atoms with Gasteiger partial charge in [-0.2, -0.15) is 0 Å². The summed E-state index contributed by atoms with van der Waals surface area (Å²) < 4.78 is 0. The number of unbranched alkanes of at least 4 members (excludes halogenated alkanes) is 3. The molecule has 1 aliphatic carbocycles. The van der Waals surface area contributed by atoms with Crippen LogP contribution in [0, 0.1) is 0 Å². The summed E-state index contributed by atoms with van der Waals surface area (Å²) >= 11 is 1.72. The maximum Gasteiger partial charge on any atom is 0.303 e. The van der Waals surface area contributed by atoms with Crippen LogP contribution in [0.15, 0.2) is 5.38 Å². The highest BCUT2D eigenvalue weighted by Crippen LogP contribution is 2.30. The molecule has 1 aromatic rings. The summed E-state index contributed by atoms with van der Waals surface area (Å²) in [6.45, 7) is 0.677. The third-order valence-electron chi connectivity index (χ3n) is 3.91. The first kappa shape index (κ1) is 16.0. The summed E-state index contributed by atoms with van der Waals surface area (Å²) in [7, 11) is 0. The molecule has 0 bridgehead atoms. The highest BCUT2D eigenvalue weighted by Gasteiger charge is 2.19. The number of hydrogen-bond donors (Lipinski definition) is 2. The number of carboxylic acids is 1. The molecule has 21 heavy (non-hydrogen) atoms. The quantitative estimate of drug-likeness (QED) is 0.723. The number of fused-ring (bicyclic) bond motifs is 1. The predicted octanol–water partition coefficient (Wildman–Crippen LogP) is 3.39. The van der Waals surface area contributed by atoms with Crippen LogP contribution in [-0.2, 0) is 17.6 Å². The molecule has 0 saturated heterocycles. The summed E-state index contributed by atoms with van der Waals surface area (Å²) in [6, 6.07) is 0. The molecule has 5 heteroatoms. The maximum absolute atomic E-state index is 12.2. The van der Waals surface area contributed by atoms with Crippen molar-refractivity contribution in [3.63, 3.8) is 0 Å². The monoisotopic (exact) mass is 309 g/mol. The first-order chi connectivity index (χ1) is 10.2. The molecule has 0 fully saturated rings. The average molecular weight is 309 g/mol. The Morgan fingerprint density at radius 2 is 1.90 bits per heavy atom. The number of hydrogen-bond acceptors (Lipinski definition) is 3. The molecule has 0 atom stereocenters. The second-order valence-corrected chi connectivity index (χ2v) is 6.54. The van der Waals surface area contributed by atoms with Gasteiger partial charge in [0.15, 0.2) is 0 Å². The van der Waals surface area contributed by atoms with E-state index in [1.54, 1.807) is 11.3 Å². The second-order valence-electron chi connectivity index (χ2n) is 5.57. The van der Waals surface area contributed by atoms with Gasteiger partial charge >= 0.3 is 5.97 Å². The van der Waals surface area contributed by atoms with E-state index in [0.717, 1.165) is 44.1 Å². The Morgan fingerprint density at radius 3 is 2.71 bits per heavy atom. The van der Waals surface area contributed by atoms with E-state index in [-0.39, 0.29) is 12.3 Å². The highest BCUT2D eigenvalue weighted by molar-refractivity contribution is 7.10. The van der Waals surface area contributed by atoms with Crippen molar-refractivity contribution in [2.45, 2.75) is 57.8 Å². The van der Waals surface area contributed by atoms with E-state index in [9.17, 15) is 9.59 Å². The van der Waals surface area contributed by atoms with Crippen molar-refractivity contribution in [2.75, 3.05) is 6.54 Å². The normalized spacial score (nSPS) is 13.7. The van der Waals surface area contributed by atoms with Crippen LogP contribution in [0.5, 0.6) is 0 Å². The highest BCUT2D eigenvalue weighted by atomic mass is 32.1. The third-order valence-corrected chi connectivity index (χ3v) is 5.00. The molecule has 1 aromatic heterocycles. The van der Waals surface area contributed by atoms with Crippen LogP contribution in [0.4, 0.5) is 0 Å². The fourth-order valence-electron chi connectivity index (χ4n) is 2.74. The lowest BCUT2D eigenvalue weighted by Crippen LogP contribution is -2.25. The zero-order valence-corrected chi connectivity index (χ0v) is 13.1. The number of nitrogens with one attached hydrogen (secondary N) is 1. The summed E-state index contributed by atoms with van der Waals surface area (Å²) in [5.41, 5.74) is 2.14. The third kappa shape index (κ3) is 4.84. The number of aryl methyl sites for hydroxylation is 1. The molecule has 2 N–H and O–H groups in total. The SMILES string of the molecule is O=C(O)CCCCCCNC(=O)c1csc2c1CCCC2. The summed E-state index contributed by atoms with van der Waals surface area (Å²) in [6.07, 6.45) is 8.35. The van der Waals surface area contributed by atoms with Crippen molar-refractivity contribution < 1.29 is 14.7 Å². The van der Waals surface area contributed by atoms with Crippen molar-refractivity contribution >= 4 is 23.2 Å². The van der Waals surface area contributed by atoms with Gasteiger partial charge in [0, 0.05) is 23.2 Å². The van der Waals surface area contributed by atoms with Gasteiger partial charge in [0.05, 0.1) is 5.56 Å². The van der Waals surface area contributed by atoms with Gasteiger partial charge in [0.2, 0.25) is 0 Å². The molecule has 0 radical (unpaired) electrons. The Morgan fingerprint density at radius 1 is 1.14 bits per heavy atom. The molecule has 2 rings (SSSR count). The Kier molecular flexibility index (Phi) is 6.23. The number of carbonyl (C=O) groups is 2. The zero-order chi connectivity index (χ0) is 15.1. The van der Waals surface area contributed by atoms with E-state index in [0.29, 0.717) is 6.54 Å². The Balaban J connectivity index is 1.66. The van der Waals surface area contributed by atoms with Crippen LogP contribution in [0.2, 0.25) is 0 Å². The molecule has 1 heterocycles. The fraction of sp³-hybridized carbons (Fsp3) is 0.625. The number of amides is 1. The first-order valence-corrected chi connectivity index (χ1v) is 8.65. The van der Waals surface area contributed by atoms with Gasteiger partial charge in [-0.05, 0) is 44.1 Å². The molecule has 116 valence electrons. The van der Waals surface area contributed by atoms with Crippen molar-refractivity contribution in [3.8, 4) is 0 Å². The summed E-state index contributed by atoms with van der Waals surface area (Å²) in [5, 5.41) is 13.5. The smallest absolute Gasteiger partial charge is 0.303 e. The molecule has 4 nitrogen and oxygen atoms in total. The molecule has 1 amide bonds. The summed E-state index contributed by atoms with van der Waals surface area (Å²) in [5.74, 6) is -0.675. The van der Waals surface area contributed by atoms with E-state index in [1.165, 1.54) is 23.3 Å². The minimum atomic E-state index is -0.731. The van der Waals surface area contributed by atoms with Gasteiger partial charge in [-0.1, -0.05) is 12.8 Å². The van der Waals surface area contributed by atoms with Crippen LogP contribution in [0.25, 0.3) is 0 Å². The number of carbonyl (C=O) groups excluding carboxylic acids is 1. The minimum absolute atomic E-state index is 0.0555. The molecule has 0 unspecified atom stereocenters. The molecule has 0 aliphatic heterocycles. The number of aliphatic carboxylic acids is 1. The van der Waals surface area contributed by atoms with Gasteiger partial charge in [-0.15, -0.1) is 11.3 Å². The summed E-state index contributed by atoms with van der Waals surface area (Å²) in [4.78, 5) is 23.9. The van der Waals surface area contributed by atoms with Gasteiger partial charge in [0.25, 0.3) is 5.91 Å². The van der Waals surface area contributed by atoms with Gasteiger partial charge in [-0.3, -0.25) is 9.59 Å². The maximum atomic E-state index is 12.2. The number of carboxylic acid groups (broad SMARTS) is 1. The fourth-order valence-corrected chi connectivity index (χ4v) is 3.86. The van der Waals surface area contributed by atoms with Crippen LogP contribution in [-0.4, -0.2) is 23.5 Å². The Labute approximate surface area is 129 Å². The Hall–Kier alpha value is -1.36. The minimum Gasteiger partial charge on any atom is -0.481 e. The number of rotatable bonds is 8. The van der Waals surface area contributed by atoms with Crippen molar-refractivity contribution in [1.29, 1.82) is 0 Å². The molecule has 0 spiro atoms. The largest absolute Gasteiger partial charge is 0.481 e. The van der Waals surface area contributed by atoms with Gasteiger partial charge < -0.3 is 10.4 Å². The second kappa shape index (κ2) is 8.17. The van der Waals surface area contributed by atoms with Crippen LogP contribution in [0.1, 0.15) is 65.7 Å². The topological polar surface area (TPSA) is 66.4 Å². The van der Waals surface area contributed by atoms with Gasteiger partial charge in [-0.25, -0.2) is 0 Å². The lowest BCUT2D eigenvalue weighted by atomic mass is 9.95. The van der Waals surface area contributed by atoms with Crippen molar-refractivity contribution in [3.05, 3.63) is 21.4 Å². The molecule has 0 saturated carbocycles. The predicted molar refractivity (Wildman–Crippen MR) is 84.0 cm³/mol. The molecule has 0 aromatic carbocycles. The van der Waals surface area contributed by atoms with Crippen LogP contribution >= 0.6 is 11.3 Å². The molecular formula is C16H23NO3S. The van der Waals surface area contributed by atoms with Crippen molar-refractivity contribution in [1.82, 2.24) is 5.32 Å². The van der Waals surface area contributed by atoms with Crippen LogP contribution in [0.3, 0.4) is 0 Å². The average Bonchev–Trinajstić information content (AvgIpc) is 2.89. The standard InChI is InChI=1S/C16H23NO3S/c18-15(19)9-3-1-2-6-10-17-16(20)13-11-21-14-8-5-4-7-12(13)14/h11H,1-10H2,(H,17,20)(H,18,19). The number of thiophene rings is 1. The lowest BCUT2D eigenvalue weighted by molar-refractivity contribution is -0.137. The molecular weight excluding hydrogens is 286 g/mol. The van der Waals surface area contributed by atoms with E-state index < -0.39 is 5.97 Å².